The first kappa shape index (κ1) is 26.6. The predicted octanol–water partition coefficient (Wildman–Crippen LogP) is 3.28. The van der Waals surface area contributed by atoms with Crippen molar-refractivity contribution in [3.63, 3.8) is 0 Å². The van der Waals surface area contributed by atoms with Gasteiger partial charge in [0.1, 0.15) is 5.39 Å². The molecule has 0 radical (unpaired) electrons. The van der Waals surface area contributed by atoms with Crippen molar-refractivity contribution in [1.82, 2.24) is 34.0 Å². The highest BCUT2D eigenvalue weighted by atomic mass is 16.1. The average molecular weight is 532 g/mol. The Morgan fingerprint density at radius 2 is 1.72 bits per heavy atom. The third-order valence-electron chi connectivity index (χ3n) is 7.05. The monoisotopic (exact) mass is 531 g/mol. The molecule has 11 nitrogen and oxygen atoms in total. The first-order valence-electron chi connectivity index (χ1n) is 13.4. The first-order valence-corrected chi connectivity index (χ1v) is 13.4. The number of rotatable bonds is 5. The fourth-order valence-corrected chi connectivity index (χ4v) is 5.01. The van der Waals surface area contributed by atoms with Gasteiger partial charge in [-0.25, -0.2) is 19.0 Å². The minimum absolute atomic E-state index is 0.176. The van der Waals surface area contributed by atoms with Crippen LogP contribution in [0.15, 0.2) is 46.1 Å². The molecule has 11 heteroatoms. The van der Waals surface area contributed by atoms with Gasteiger partial charge in [-0.2, -0.15) is 4.98 Å². The van der Waals surface area contributed by atoms with E-state index in [2.05, 4.69) is 51.3 Å². The molecule has 3 aromatic heterocycles. The number of nitrogens with zero attached hydrogens (tertiary/aromatic N) is 8. The van der Waals surface area contributed by atoms with Gasteiger partial charge in [0.05, 0.1) is 5.54 Å². The summed E-state index contributed by atoms with van der Waals surface area (Å²) in [4.78, 5) is 39.9. The lowest BCUT2D eigenvalue weighted by molar-refractivity contribution is 0.312. The molecule has 0 unspecified atom stereocenters. The molecular formula is C28H37N9O2. The van der Waals surface area contributed by atoms with Crippen LogP contribution in [0.25, 0.3) is 16.9 Å². The second kappa shape index (κ2) is 9.96. The molecule has 1 N–H and O–H groups in total. The largest absolute Gasteiger partial charge is 0.369 e. The average Bonchev–Trinajstić information content (AvgIpc) is 3.16. The van der Waals surface area contributed by atoms with E-state index in [1.165, 1.54) is 22.0 Å². The zero-order valence-corrected chi connectivity index (χ0v) is 23.8. The van der Waals surface area contributed by atoms with E-state index in [0.717, 1.165) is 31.9 Å². The smallest absolute Gasteiger partial charge is 0.278 e. The van der Waals surface area contributed by atoms with Crippen molar-refractivity contribution in [2.75, 3.05) is 43.4 Å². The Morgan fingerprint density at radius 3 is 2.36 bits per heavy atom. The maximum Gasteiger partial charge on any atom is 0.278 e. The summed E-state index contributed by atoms with van der Waals surface area (Å²) < 4.78 is 4.70. The zero-order valence-electron chi connectivity index (χ0n) is 23.8. The Hall–Kier alpha value is -3.99. The molecule has 1 saturated heterocycles. The van der Waals surface area contributed by atoms with Crippen LogP contribution in [-0.4, -0.2) is 67.2 Å². The number of likely N-dealkylation sites (N-methyl/N-ethyl adjacent to an activating group) is 1. The quantitative estimate of drug-likeness (QED) is 0.418. The highest BCUT2D eigenvalue weighted by Crippen LogP contribution is 2.26. The molecule has 0 aliphatic carbocycles. The van der Waals surface area contributed by atoms with Gasteiger partial charge in [-0.05, 0) is 78.4 Å². The second-order valence-electron chi connectivity index (χ2n) is 11.5. The van der Waals surface area contributed by atoms with E-state index in [0.29, 0.717) is 22.8 Å². The molecule has 5 rings (SSSR count). The fourth-order valence-electron chi connectivity index (χ4n) is 5.01. The molecule has 0 bridgehead atoms. The van der Waals surface area contributed by atoms with Gasteiger partial charge in [-0.15, -0.1) is 5.10 Å². The lowest BCUT2D eigenvalue weighted by Gasteiger charge is -2.35. The van der Waals surface area contributed by atoms with Gasteiger partial charge in [0.2, 0.25) is 5.95 Å². The van der Waals surface area contributed by atoms with Gasteiger partial charge >= 0.3 is 0 Å². The number of aromatic nitrogens is 6. The lowest BCUT2D eigenvalue weighted by Crippen LogP contribution is -2.44. The van der Waals surface area contributed by atoms with Crippen molar-refractivity contribution in [2.45, 2.75) is 53.1 Å². The summed E-state index contributed by atoms with van der Waals surface area (Å²) in [7, 11) is 2.15. The van der Waals surface area contributed by atoms with Gasteiger partial charge in [0.25, 0.3) is 11.1 Å². The van der Waals surface area contributed by atoms with Crippen molar-refractivity contribution in [2.24, 2.45) is 0 Å². The number of hydrogen-bond acceptors (Lipinski definition) is 8. The van der Waals surface area contributed by atoms with Crippen LogP contribution in [0.4, 0.5) is 17.3 Å². The number of nitrogens with one attached hydrogen (secondary N) is 1. The molecule has 0 atom stereocenters. The van der Waals surface area contributed by atoms with Crippen LogP contribution in [0, 0.1) is 6.92 Å². The van der Waals surface area contributed by atoms with Gasteiger partial charge in [0, 0.05) is 55.9 Å². The summed E-state index contributed by atoms with van der Waals surface area (Å²) in [5, 5.41) is 8.31. The van der Waals surface area contributed by atoms with E-state index in [9.17, 15) is 9.59 Å². The molecule has 1 aliphatic heterocycles. The normalized spacial score (nSPS) is 14.9. The Labute approximate surface area is 227 Å². The Balaban J connectivity index is 1.55. The number of anilines is 3. The molecule has 1 aliphatic rings. The highest BCUT2D eigenvalue weighted by molar-refractivity contribution is 5.77. The molecule has 1 fully saturated rings. The number of piperazine rings is 1. The molecule has 206 valence electrons. The van der Waals surface area contributed by atoms with E-state index < -0.39 is 5.54 Å². The fraction of sp³-hybridized carbons (Fsp3) is 0.464. The van der Waals surface area contributed by atoms with Crippen LogP contribution < -0.4 is 21.3 Å². The molecular weight excluding hydrogens is 494 g/mol. The van der Waals surface area contributed by atoms with Crippen LogP contribution in [0.2, 0.25) is 0 Å². The van der Waals surface area contributed by atoms with Crippen molar-refractivity contribution >= 4 is 28.4 Å². The van der Waals surface area contributed by atoms with Crippen LogP contribution in [-0.2, 0) is 5.54 Å². The summed E-state index contributed by atoms with van der Waals surface area (Å²) in [6.07, 6.45) is 1.55. The highest BCUT2D eigenvalue weighted by Gasteiger charge is 2.23. The molecule has 0 spiro atoms. The molecule has 4 aromatic rings. The maximum atomic E-state index is 13.4. The second-order valence-corrected chi connectivity index (χ2v) is 11.5. The summed E-state index contributed by atoms with van der Waals surface area (Å²) >= 11 is 0. The predicted molar refractivity (Wildman–Crippen MR) is 155 cm³/mol. The van der Waals surface area contributed by atoms with Crippen LogP contribution >= 0.6 is 0 Å². The molecule has 1 aromatic carbocycles. The van der Waals surface area contributed by atoms with Crippen LogP contribution in [0.1, 0.15) is 46.2 Å². The van der Waals surface area contributed by atoms with Crippen LogP contribution in [0.3, 0.4) is 0 Å². The standard InChI is InChI=1S/C28H37N9O2/c1-18(2)35-26(39)21-17-29-27(30-20-8-9-22(19(3)16-20)34-14-12-33(7)13-15-34)31-25(21)36(35)23-10-11-24(38)37(32-23)28(4,5)6/h8-11,16-18H,12-15H2,1-7H3,(H,29,30,31). The van der Waals surface area contributed by atoms with Gasteiger partial charge in [-0.1, -0.05) is 0 Å². The SMILES string of the molecule is Cc1cc(Nc2ncc3c(=O)n(C(C)C)n(-c4ccc(=O)n(C(C)(C)C)n4)c3n2)ccc1N1CCN(C)CC1. The van der Waals surface area contributed by atoms with E-state index in [4.69, 9.17) is 4.98 Å². The Kier molecular flexibility index (Phi) is 6.79. The molecule has 4 heterocycles. The van der Waals surface area contributed by atoms with Crippen LogP contribution in [0.5, 0.6) is 0 Å². The van der Waals surface area contributed by atoms with Gasteiger partial charge in [-0.3, -0.25) is 9.59 Å². The molecule has 39 heavy (non-hydrogen) atoms. The van der Waals surface area contributed by atoms with E-state index in [1.807, 2.05) is 40.7 Å². The summed E-state index contributed by atoms with van der Waals surface area (Å²) in [5.41, 5.74) is 2.72. The third-order valence-corrected chi connectivity index (χ3v) is 7.05. The summed E-state index contributed by atoms with van der Waals surface area (Å²) in [6.45, 7) is 15.8. The number of benzene rings is 1. The van der Waals surface area contributed by atoms with E-state index in [1.54, 1.807) is 21.6 Å². The third kappa shape index (κ3) is 5.06. The summed E-state index contributed by atoms with van der Waals surface area (Å²) in [6, 6.07) is 9.17. The molecule has 0 amide bonds. The lowest BCUT2D eigenvalue weighted by atomic mass is 10.1. The molecule has 0 saturated carbocycles. The zero-order chi connectivity index (χ0) is 28.1. The number of fused-ring (bicyclic) bond motifs is 1. The number of hydrogen-bond donors (Lipinski definition) is 1. The van der Waals surface area contributed by atoms with E-state index >= 15 is 0 Å². The number of aryl methyl sites for hydroxylation is 1. The topological polar surface area (TPSA) is 106 Å². The Morgan fingerprint density at radius 1 is 1.00 bits per heavy atom. The maximum absolute atomic E-state index is 13.4. The minimum Gasteiger partial charge on any atom is -0.369 e. The summed E-state index contributed by atoms with van der Waals surface area (Å²) in [5.74, 6) is 0.801. The van der Waals surface area contributed by atoms with Crippen molar-refractivity contribution in [1.29, 1.82) is 0 Å². The van der Waals surface area contributed by atoms with E-state index in [-0.39, 0.29) is 17.2 Å². The first-order chi connectivity index (χ1) is 18.4. The Bertz CT molecular complexity index is 1630. The van der Waals surface area contributed by atoms with Crippen molar-refractivity contribution in [3.8, 4) is 5.82 Å². The van der Waals surface area contributed by atoms with Crippen molar-refractivity contribution < 1.29 is 0 Å². The minimum atomic E-state index is -0.533. The van der Waals surface area contributed by atoms with Gasteiger partial charge < -0.3 is 15.1 Å². The van der Waals surface area contributed by atoms with Crippen molar-refractivity contribution in [3.05, 3.63) is 62.8 Å². The van der Waals surface area contributed by atoms with Gasteiger partial charge in [0.15, 0.2) is 11.5 Å².